The molecular weight excluding hydrogens is 238 g/mol. The minimum atomic E-state index is -0.521. The summed E-state index contributed by atoms with van der Waals surface area (Å²) in [7, 11) is 0. The number of benzene rings is 1. The van der Waals surface area contributed by atoms with Gasteiger partial charge in [0.1, 0.15) is 17.4 Å². The van der Waals surface area contributed by atoms with Crippen molar-refractivity contribution in [3.05, 3.63) is 35.6 Å². The van der Waals surface area contributed by atoms with Gasteiger partial charge in [0.2, 0.25) is 0 Å². The van der Waals surface area contributed by atoms with E-state index < -0.39 is 6.10 Å². The van der Waals surface area contributed by atoms with E-state index in [0.717, 1.165) is 36.2 Å². The van der Waals surface area contributed by atoms with Crippen LogP contribution in [0, 0.1) is 6.92 Å². The number of rotatable bonds is 6. The molecule has 0 aliphatic heterocycles. The fourth-order valence-corrected chi connectivity index (χ4v) is 2.38. The van der Waals surface area contributed by atoms with E-state index >= 15 is 0 Å². The molecule has 1 unspecified atom stereocenters. The second kappa shape index (κ2) is 6.22. The molecule has 1 atom stereocenters. The first-order valence-corrected chi connectivity index (χ1v) is 7.05. The van der Waals surface area contributed by atoms with Crippen molar-refractivity contribution in [2.24, 2.45) is 0 Å². The number of aliphatic hydroxyl groups is 1. The molecule has 104 valence electrons. The Balaban J connectivity index is 2.09. The lowest BCUT2D eigenvalue weighted by Crippen LogP contribution is -2.25. The Labute approximate surface area is 114 Å². The van der Waals surface area contributed by atoms with E-state index in [0.29, 0.717) is 12.2 Å². The Kier molecular flexibility index (Phi) is 4.61. The summed E-state index contributed by atoms with van der Waals surface area (Å²) in [5.41, 5.74) is 2.00. The first kappa shape index (κ1) is 14.1. The molecule has 0 saturated heterocycles. The second-order valence-corrected chi connectivity index (χ2v) is 4.97. The van der Waals surface area contributed by atoms with Crippen LogP contribution in [0.15, 0.2) is 28.7 Å². The Hall–Kier alpha value is -1.32. The highest BCUT2D eigenvalue weighted by Crippen LogP contribution is 2.27. The van der Waals surface area contributed by atoms with Crippen LogP contribution in [0.25, 0.3) is 11.0 Å². The Morgan fingerprint density at radius 2 is 2.00 bits per heavy atom. The normalized spacial score (nSPS) is 13.3. The Bertz CT molecular complexity index is 529. The lowest BCUT2D eigenvalue weighted by atomic mass is 10.1. The van der Waals surface area contributed by atoms with Gasteiger partial charge in [-0.2, -0.15) is 0 Å². The third-order valence-corrected chi connectivity index (χ3v) is 3.70. The molecule has 0 aliphatic rings. The summed E-state index contributed by atoms with van der Waals surface area (Å²) in [6.07, 6.45) is 0.188. The molecule has 0 amide bonds. The van der Waals surface area contributed by atoms with Gasteiger partial charge >= 0.3 is 0 Å². The summed E-state index contributed by atoms with van der Waals surface area (Å²) < 4.78 is 5.79. The largest absolute Gasteiger partial charge is 0.458 e. The molecule has 0 saturated carbocycles. The van der Waals surface area contributed by atoms with E-state index in [1.807, 2.05) is 31.2 Å². The number of aryl methyl sites for hydroxylation is 1. The number of nitrogens with zero attached hydrogens (tertiary/aromatic N) is 1. The zero-order chi connectivity index (χ0) is 13.8. The maximum atomic E-state index is 10.2. The smallest absolute Gasteiger partial charge is 0.137 e. The molecule has 19 heavy (non-hydrogen) atoms. The lowest BCUT2D eigenvalue weighted by molar-refractivity contribution is 0.124. The highest BCUT2D eigenvalue weighted by Gasteiger charge is 2.15. The highest BCUT2D eigenvalue weighted by molar-refractivity contribution is 5.80. The molecule has 1 aromatic heterocycles. The number of aliphatic hydroxyl groups excluding tert-OH is 1. The number of hydrogen-bond acceptors (Lipinski definition) is 3. The van der Waals surface area contributed by atoms with Gasteiger partial charge in [0.05, 0.1) is 0 Å². The van der Waals surface area contributed by atoms with Gasteiger partial charge in [0.15, 0.2) is 0 Å². The zero-order valence-corrected chi connectivity index (χ0v) is 12.0. The van der Waals surface area contributed by atoms with E-state index in [-0.39, 0.29) is 0 Å². The number of hydrogen-bond donors (Lipinski definition) is 1. The maximum Gasteiger partial charge on any atom is 0.137 e. The fraction of sp³-hybridized carbons (Fsp3) is 0.500. The third-order valence-electron chi connectivity index (χ3n) is 3.70. The van der Waals surface area contributed by atoms with Crippen LogP contribution in [0.2, 0.25) is 0 Å². The van der Waals surface area contributed by atoms with Crippen molar-refractivity contribution in [1.82, 2.24) is 4.90 Å². The summed E-state index contributed by atoms with van der Waals surface area (Å²) in [5.74, 6) is 0.677. The van der Waals surface area contributed by atoms with Crippen LogP contribution in [0.3, 0.4) is 0 Å². The summed E-state index contributed by atoms with van der Waals surface area (Å²) in [4.78, 5) is 2.30. The molecule has 0 bridgehead atoms. The van der Waals surface area contributed by atoms with Crippen molar-refractivity contribution < 1.29 is 9.52 Å². The van der Waals surface area contributed by atoms with Crippen molar-refractivity contribution in [3.8, 4) is 0 Å². The predicted octanol–water partition coefficient (Wildman–Crippen LogP) is 3.51. The van der Waals surface area contributed by atoms with E-state index in [9.17, 15) is 5.11 Å². The highest BCUT2D eigenvalue weighted by atomic mass is 16.4. The Morgan fingerprint density at radius 1 is 1.26 bits per heavy atom. The molecule has 0 radical (unpaired) electrons. The van der Waals surface area contributed by atoms with Crippen molar-refractivity contribution in [2.45, 2.75) is 33.3 Å². The minimum Gasteiger partial charge on any atom is -0.458 e. The average Bonchev–Trinajstić information content (AvgIpc) is 2.85. The minimum absolute atomic E-state index is 0.521. The molecular formula is C16H23NO2. The van der Waals surface area contributed by atoms with Gasteiger partial charge < -0.3 is 14.4 Å². The van der Waals surface area contributed by atoms with Crippen LogP contribution in [-0.2, 0) is 0 Å². The predicted molar refractivity (Wildman–Crippen MR) is 78.3 cm³/mol. The fourth-order valence-electron chi connectivity index (χ4n) is 2.38. The average molecular weight is 261 g/mol. The van der Waals surface area contributed by atoms with Crippen LogP contribution in [0.1, 0.15) is 37.7 Å². The molecule has 2 rings (SSSR count). The molecule has 2 aromatic rings. The molecule has 3 nitrogen and oxygen atoms in total. The molecule has 1 aromatic carbocycles. The Morgan fingerprint density at radius 3 is 2.63 bits per heavy atom. The second-order valence-electron chi connectivity index (χ2n) is 4.97. The summed E-state index contributed by atoms with van der Waals surface area (Å²) in [5, 5.41) is 11.3. The first-order chi connectivity index (χ1) is 9.15. The molecule has 0 spiro atoms. The first-order valence-electron chi connectivity index (χ1n) is 7.05. The van der Waals surface area contributed by atoms with Gasteiger partial charge in [-0.25, -0.2) is 0 Å². The van der Waals surface area contributed by atoms with Gasteiger partial charge in [-0.3, -0.25) is 0 Å². The van der Waals surface area contributed by atoms with Gasteiger partial charge in [-0.15, -0.1) is 0 Å². The zero-order valence-electron chi connectivity index (χ0n) is 12.0. The summed E-state index contributed by atoms with van der Waals surface area (Å²) in [6.45, 7) is 9.23. The van der Waals surface area contributed by atoms with Crippen molar-refractivity contribution >= 4 is 11.0 Å². The van der Waals surface area contributed by atoms with Crippen LogP contribution < -0.4 is 0 Å². The topological polar surface area (TPSA) is 36.6 Å². The third kappa shape index (κ3) is 3.17. The molecule has 0 aliphatic carbocycles. The summed E-state index contributed by atoms with van der Waals surface area (Å²) >= 11 is 0. The van der Waals surface area contributed by atoms with Crippen LogP contribution >= 0.6 is 0 Å². The molecule has 1 heterocycles. The quantitative estimate of drug-likeness (QED) is 0.864. The van der Waals surface area contributed by atoms with Crippen LogP contribution in [0.4, 0.5) is 0 Å². The van der Waals surface area contributed by atoms with Crippen LogP contribution in [-0.4, -0.2) is 29.6 Å². The van der Waals surface area contributed by atoms with Gasteiger partial charge in [-0.05, 0) is 38.1 Å². The molecule has 1 N–H and O–H groups in total. The number of furan rings is 1. The van der Waals surface area contributed by atoms with E-state index in [4.69, 9.17) is 4.42 Å². The lowest BCUT2D eigenvalue weighted by Gasteiger charge is -2.19. The maximum absolute atomic E-state index is 10.2. The van der Waals surface area contributed by atoms with Gasteiger partial charge in [-0.1, -0.05) is 32.0 Å². The number of fused-ring (bicyclic) bond motifs is 1. The van der Waals surface area contributed by atoms with Gasteiger partial charge in [0, 0.05) is 11.9 Å². The van der Waals surface area contributed by atoms with Crippen molar-refractivity contribution in [3.63, 3.8) is 0 Å². The molecule has 3 heteroatoms. The van der Waals surface area contributed by atoms with Crippen molar-refractivity contribution in [2.75, 3.05) is 19.6 Å². The summed E-state index contributed by atoms with van der Waals surface area (Å²) in [6, 6.07) is 8.01. The standard InChI is InChI=1S/C16H23NO2/c1-4-17(5-2)10-9-14(18)15-11-13-8-6-7-12(3)16(13)19-15/h6-8,11,14,18H,4-5,9-10H2,1-3H3. The SMILES string of the molecule is CCN(CC)CCC(O)c1cc2cccc(C)c2o1. The monoisotopic (exact) mass is 261 g/mol. The van der Waals surface area contributed by atoms with E-state index in [1.54, 1.807) is 0 Å². The van der Waals surface area contributed by atoms with Gasteiger partial charge in [0.25, 0.3) is 0 Å². The van der Waals surface area contributed by atoms with Crippen molar-refractivity contribution in [1.29, 1.82) is 0 Å². The van der Waals surface area contributed by atoms with Crippen LogP contribution in [0.5, 0.6) is 0 Å². The van der Waals surface area contributed by atoms with E-state index in [1.165, 1.54) is 0 Å². The van der Waals surface area contributed by atoms with E-state index in [2.05, 4.69) is 18.7 Å². The number of para-hydroxylation sites is 1. The molecule has 0 fully saturated rings.